The van der Waals surface area contributed by atoms with Crippen LogP contribution < -0.4 is 0 Å². The minimum Gasteiger partial charge on any atom is -0.391 e. The van der Waals surface area contributed by atoms with Crippen LogP contribution in [0.15, 0.2) is 18.2 Å². The molecule has 0 saturated carbocycles. The van der Waals surface area contributed by atoms with E-state index in [9.17, 15) is 0 Å². The van der Waals surface area contributed by atoms with Crippen molar-refractivity contribution in [1.82, 2.24) is 4.98 Å². The zero-order chi connectivity index (χ0) is 9.40. The van der Waals surface area contributed by atoms with Crippen LogP contribution >= 0.6 is 0 Å². The molecule has 1 nitrogen and oxygen atoms in total. The Morgan fingerprint density at radius 3 is 2.15 bits per heavy atom. The fourth-order valence-corrected chi connectivity index (χ4v) is 0.660. The molecule has 0 aromatic carbocycles. The van der Waals surface area contributed by atoms with Crippen LogP contribution in [0.5, 0.6) is 0 Å². The summed E-state index contributed by atoms with van der Waals surface area (Å²) in [5.41, 5.74) is 1.11. The van der Waals surface area contributed by atoms with Crippen LogP contribution in [-0.4, -0.2) is 4.98 Å². The van der Waals surface area contributed by atoms with Crippen molar-refractivity contribution in [3.63, 3.8) is 0 Å². The normalized spacial score (nSPS) is 8.38. The molecule has 0 fully saturated rings. The molecule has 0 amide bonds. The van der Waals surface area contributed by atoms with Gasteiger partial charge in [-0.3, -0.25) is 0 Å². The molecule has 0 spiro atoms. The van der Waals surface area contributed by atoms with Gasteiger partial charge >= 0.3 is 21.1 Å². The fraction of sp³-hybridized carbons (Fsp3) is 0.455. The third-order valence-electron chi connectivity index (χ3n) is 1.22. The van der Waals surface area contributed by atoms with E-state index in [-0.39, 0.29) is 21.1 Å². The van der Waals surface area contributed by atoms with E-state index in [1.54, 1.807) is 0 Å². The van der Waals surface area contributed by atoms with E-state index in [0.717, 1.165) is 5.69 Å². The Morgan fingerprint density at radius 2 is 1.92 bits per heavy atom. The molecule has 72 valence electrons. The quantitative estimate of drug-likeness (QED) is 0.711. The van der Waals surface area contributed by atoms with E-state index in [4.69, 9.17) is 0 Å². The second-order valence-corrected chi connectivity index (χ2v) is 2.92. The van der Waals surface area contributed by atoms with Gasteiger partial charge in [-0.2, -0.15) is 32.0 Å². The van der Waals surface area contributed by atoms with Crippen LogP contribution in [0.4, 0.5) is 0 Å². The van der Waals surface area contributed by atoms with Gasteiger partial charge in [0.1, 0.15) is 0 Å². The average Bonchev–Trinajstić information content (AvgIpc) is 2.07. The molecular weight excluding hydrogens is 330 g/mol. The summed E-state index contributed by atoms with van der Waals surface area (Å²) in [5.74, 6) is 0.516. The largest absolute Gasteiger partial charge is 2.00 e. The first-order chi connectivity index (χ1) is 5.72. The predicted octanol–water partition coefficient (Wildman–Crippen LogP) is 3.23. The van der Waals surface area contributed by atoms with E-state index in [1.807, 2.05) is 38.5 Å². The van der Waals surface area contributed by atoms with E-state index in [2.05, 4.69) is 25.0 Å². The molecule has 0 aliphatic carbocycles. The summed E-state index contributed by atoms with van der Waals surface area (Å²) in [4.78, 5) is 4.05. The summed E-state index contributed by atoms with van der Waals surface area (Å²) in [6, 6.07) is 5.79. The van der Waals surface area contributed by atoms with Crippen LogP contribution in [0, 0.1) is 12.6 Å². The van der Waals surface area contributed by atoms with Crippen LogP contribution in [0.1, 0.15) is 39.3 Å². The first-order valence-electron chi connectivity index (χ1n) is 4.29. The second-order valence-electron chi connectivity index (χ2n) is 2.92. The van der Waals surface area contributed by atoms with Crippen LogP contribution in [0.25, 0.3) is 0 Å². The predicted molar refractivity (Wildman–Crippen MR) is 52.8 cm³/mol. The topological polar surface area (TPSA) is 12.9 Å². The summed E-state index contributed by atoms with van der Waals surface area (Å²) in [6.07, 6.45) is 4.79. The minimum atomic E-state index is 0. The van der Waals surface area contributed by atoms with Crippen molar-refractivity contribution in [2.75, 3.05) is 0 Å². The third kappa shape index (κ3) is 8.18. The molecule has 0 atom stereocenters. The van der Waals surface area contributed by atoms with E-state index < -0.39 is 0 Å². The Kier molecular flexibility index (Phi) is 11.7. The molecule has 1 rings (SSSR count). The maximum absolute atomic E-state index is 4.05. The summed E-state index contributed by atoms with van der Waals surface area (Å²) in [5, 5.41) is 0. The van der Waals surface area contributed by atoms with Crippen LogP contribution in [0.2, 0.25) is 0 Å². The number of nitrogens with zero attached hydrogens (tertiary/aromatic N) is 1. The van der Waals surface area contributed by atoms with E-state index in [1.165, 1.54) is 0 Å². The molecule has 0 aliphatic rings. The van der Waals surface area contributed by atoms with Crippen molar-refractivity contribution < 1.29 is 21.1 Å². The molecule has 1 aromatic heterocycles. The van der Waals surface area contributed by atoms with Gasteiger partial charge in [0.2, 0.25) is 0 Å². The van der Waals surface area contributed by atoms with Gasteiger partial charge in [-0.05, 0) is 0 Å². The molecule has 2 heteroatoms. The van der Waals surface area contributed by atoms with Gasteiger partial charge in [-0.15, -0.1) is 0 Å². The number of hydrogen-bond acceptors (Lipinski definition) is 1. The van der Waals surface area contributed by atoms with Gasteiger partial charge in [0.15, 0.2) is 0 Å². The molecule has 0 aliphatic heterocycles. The Bertz CT molecular complexity index is 185. The van der Waals surface area contributed by atoms with Gasteiger partial charge < -0.3 is 11.4 Å². The molecule has 1 aromatic rings. The standard InChI is InChI=1S/C8H10N.C3H7.W/c1-7(2)8-5-3-4-6-9-8;1-3-2;/h3-5,7H,1-2H3;3H,1-2H3;/q2*-1;+2. The molecule has 0 radical (unpaired) electrons. The van der Waals surface area contributed by atoms with Gasteiger partial charge in [0, 0.05) is 0 Å². The van der Waals surface area contributed by atoms with Gasteiger partial charge in [-0.25, -0.2) is 0 Å². The summed E-state index contributed by atoms with van der Waals surface area (Å²) >= 11 is 0. The molecule has 0 bridgehead atoms. The summed E-state index contributed by atoms with van der Waals surface area (Å²) < 4.78 is 0. The monoisotopic (exact) mass is 347 g/mol. The molecule has 0 saturated heterocycles. The number of hydrogen-bond donors (Lipinski definition) is 0. The van der Waals surface area contributed by atoms with Crippen molar-refractivity contribution in [3.05, 3.63) is 36.5 Å². The Morgan fingerprint density at radius 1 is 1.38 bits per heavy atom. The number of aromatic nitrogens is 1. The molecule has 0 N–H and O–H groups in total. The van der Waals surface area contributed by atoms with Gasteiger partial charge in [-0.1, -0.05) is 31.7 Å². The molecule has 0 unspecified atom stereocenters. The third-order valence-corrected chi connectivity index (χ3v) is 1.22. The number of pyridine rings is 1. The van der Waals surface area contributed by atoms with E-state index >= 15 is 0 Å². The first-order valence-corrected chi connectivity index (χ1v) is 4.29. The Balaban J connectivity index is 0. The number of rotatable bonds is 1. The summed E-state index contributed by atoms with van der Waals surface area (Å²) in [7, 11) is 0. The first kappa shape index (κ1) is 15.3. The fourth-order valence-electron chi connectivity index (χ4n) is 0.660. The molecule has 13 heavy (non-hydrogen) atoms. The van der Waals surface area contributed by atoms with Crippen LogP contribution in [-0.2, 0) is 21.1 Å². The van der Waals surface area contributed by atoms with Gasteiger partial charge in [0.05, 0.1) is 0 Å². The SMILES string of the molecule is CC(C)c1ccc[c-]n1.C[CH-]C.[W+2]. The molecule has 1 heterocycles. The zero-order valence-corrected chi connectivity index (χ0v) is 11.7. The maximum Gasteiger partial charge on any atom is 2.00 e. The maximum atomic E-state index is 4.05. The van der Waals surface area contributed by atoms with Gasteiger partial charge in [0.25, 0.3) is 0 Å². The summed E-state index contributed by atoms with van der Waals surface area (Å²) in [6.45, 7) is 8.24. The van der Waals surface area contributed by atoms with E-state index in [0.29, 0.717) is 5.92 Å². The van der Waals surface area contributed by atoms with Crippen molar-refractivity contribution in [2.24, 2.45) is 0 Å². The average molecular weight is 347 g/mol. The van der Waals surface area contributed by atoms with Crippen LogP contribution in [0.3, 0.4) is 0 Å². The smallest absolute Gasteiger partial charge is 0.391 e. The Labute approximate surface area is 96.2 Å². The van der Waals surface area contributed by atoms with Crippen molar-refractivity contribution >= 4 is 0 Å². The Hall–Kier alpha value is -0.162. The van der Waals surface area contributed by atoms with Crippen molar-refractivity contribution in [3.8, 4) is 0 Å². The second kappa shape index (κ2) is 9.92. The molecular formula is C11H17NW. The van der Waals surface area contributed by atoms with Crippen molar-refractivity contribution in [2.45, 2.75) is 33.6 Å². The minimum absolute atomic E-state index is 0. The van der Waals surface area contributed by atoms with Crippen molar-refractivity contribution in [1.29, 1.82) is 0 Å². The zero-order valence-electron chi connectivity index (χ0n) is 8.74.